The van der Waals surface area contributed by atoms with Gasteiger partial charge in [-0.25, -0.2) is 9.97 Å². The van der Waals surface area contributed by atoms with Gasteiger partial charge in [-0.1, -0.05) is 0 Å². The number of carbonyl (C=O) groups is 1. The highest BCUT2D eigenvalue weighted by molar-refractivity contribution is 9.10. The molecule has 0 spiro atoms. The van der Waals surface area contributed by atoms with Gasteiger partial charge in [0.15, 0.2) is 0 Å². The van der Waals surface area contributed by atoms with Gasteiger partial charge in [0.2, 0.25) is 0 Å². The summed E-state index contributed by atoms with van der Waals surface area (Å²) in [4.78, 5) is 19.6. The van der Waals surface area contributed by atoms with Gasteiger partial charge in [-0.05, 0) is 28.8 Å². The lowest BCUT2D eigenvalue weighted by molar-refractivity contribution is -0.148. The Bertz CT molecular complexity index is 388. The molecule has 1 saturated heterocycles. The van der Waals surface area contributed by atoms with Crippen molar-refractivity contribution in [2.24, 2.45) is 0 Å². The Kier molecular flexibility index (Phi) is 3.20. The van der Waals surface area contributed by atoms with Gasteiger partial charge in [0.1, 0.15) is 11.2 Å². The van der Waals surface area contributed by atoms with E-state index < -0.39 is 11.4 Å². The number of ether oxygens (including phenoxy) is 1. The SMILES string of the molecule is O=C(O)C1(c2ncc(Br)cn2)CCOCC1. The molecule has 1 aliphatic rings. The Morgan fingerprint density at radius 1 is 1.38 bits per heavy atom. The van der Waals surface area contributed by atoms with Crippen LogP contribution in [0.4, 0.5) is 0 Å². The van der Waals surface area contributed by atoms with Gasteiger partial charge in [-0.3, -0.25) is 4.79 Å². The average Bonchev–Trinajstić information content (AvgIpc) is 2.30. The van der Waals surface area contributed by atoms with E-state index >= 15 is 0 Å². The molecule has 16 heavy (non-hydrogen) atoms. The molecule has 0 radical (unpaired) electrons. The van der Waals surface area contributed by atoms with Crippen LogP contribution in [0, 0.1) is 0 Å². The monoisotopic (exact) mass is 286 g/mol. The van der Waals surface area contributed by atoms with Gasteiger partial charge in [0.05, 0.1) is 4.47 Å². The lowest BCUT2D eigenvalue weighted by atomic mass is 9.79. The van der Waals surface area contributed by atoms with Gasteiger partial charge in [0, 0.05) is 25.6 Å². The first-order chi connectivity index (χ1) is 7.65. The van der Waals surface area contributed by atoms with Gasteiger partial charge in [-0.2, -0.15) is 0 Å². The number of hydrogen-bond donors (Lipinski definition) is 1. The summed E-state index contributed by atoms with van der Waals surface area (Å²) in [5.74, 6) is -0.510. The normalized spacial score (nSPS) is 19.3. The first kappa shape index (κ1) is 11.5. The van der Waals surface area contributed by atoms with Crippen LogP contribution in [0.5, 0.6) is 0 Å². The summed E-state index contributed by atoms with van der Waals surface area (Å²) in [5.41, 5.74) is -0.987. The van der Waals surface area contributed by atoms with Crippen LogP contribution < -0.4 is 0 Å². The number of carboxylic acids is 1. The van der Waals surface area contributed by atoms with Crippen molar-refractivity contribution >= 4 is 21.9 Å². The Labute approximate surface area is 101 Å². The summed E-state index contributed by atoms with van der Waals surface area (Å²) in [6, 6.07) is 0. The zero-order chi connectivity index (χ0) is 11.6. The van der Waals surface area contributed by atoms with Crippen LogP contribution in [0.3, 0.4) is 0 Å². The summed E-state index contributed by atoms with van der Waals surface area (Å²) >= 11 is 3.23. The fourth-order valence-corrected chi connectivity index (χ4v) is 2.02. The molecular formula is C10H11BrN2O3. The van der Waals surface area contributed by atoms with E-state index in [1.54, 1.807) is 12.4 Å². The number of halogens is 1. The number of rotatable bonds is 2. The molecule has 0 atom stereocenters. The van der Waals surface area contributed by atoms with Crippen molar-refractivity contribution in [3.63, 3.8) is 0 Å². The molecule has 0 saturated carbocycles. The van der Waals surface area contributed by atoms with E-state index in [9.17, 15) is 9.90 Å². The van der Waals surface area contributed by atoms with Crippen LogP contribution in [0.25, 0.3) is 0 Å². The third kappa shape index (κ3) is 1.94. The topological polar surface area (TPSA) is 72.3 Å². The van der Waals surface area contributed by atoms with Gasteiger partial charge in [0.25, 0.3) is 0 Å². The molecule has 0 unspecified atom stereocenters. The fraction of sp³-hybridized carbons (Fsp3) is 0.500. The summed E-state index contributed by atoms with van der Waals surface area (Å²) in [7, 11) is 0. The smallest absolute Gasteiger partial charge is 0.317 e. The average molecular weight is 287 g/mol. The quantitative estimate of drug-likeness (QED) is 0.889. The lowest BCUT2D eigenvalue weighted by Gasteiger charge is -2.31. The Balaban J connectivity index is 2.38. The van der Waals surface area contributed by atoms with E-state index in [-0.39, 0.29) is 0 Å². The second-order valence-corrected chi connectivity index (χ2v) is 4.64. The number of aliphatic carboxylic acids is 1. The van der Waals surface area contributed by atoms with E-state index in [4.69, 9.17) is 4.74 Å². The number of nitrogens with zero attached hydrogens (tertiary/aromatic N) is 2. The maximum atomic E-state index is 11.4. The van der Waals surface area contributed by atoms with E-state index in [2.05, 4.69) is 25.9 Å². The van der Waals surface area contributed by atoms with Crippen molar-refractivity contribution in [1.82, 2.24) is 9.97 Å². The highest BCUT2D eigenvalue weighted by atomic mass is 79.9. The summed E-state index contributed by atoms with van der Waals surface area (Å²) < 4.78 is 5.93. The van der Waals surface area contributed by atoms with E-state index in [1.807, 2.05) is 0 Å². The largest absolute Gasteiger partial charge is 0.480 e. The zero-order valence-electron chi connectivity index (χ0n) is 8.52. The number of carboxylic acid groups (broad SMARTS) is 1. The van der Waals surface area contributed by atoms with Crippen LogP contribution in [0.15, 0.2) is 16.9 Å². The van der Waals surface area contributed by atoms with Crippen molar-refractivity contribution in [3.05, 3.63) is 22.7 Å². The highest BCUT2D eigenvalue weighted by Gasteiger charge is 2.44. The maximum Gasteiger partial charge on any atom is 0.317 e. The fourth-order valence-electron chi connectivity index (χ4n) is 1.81. The molecule has 86 valence electrons. The second-order valence-electron chi connectivity index (χ2n) is 3.72. The zero-order valence-corrected chi connectivity index (χ0v) is 10.1. The number of aromatic nitrogens is 2. The van der Waals surface area contributed by atoms with Crippen molar-refractivity contribution < 1.29 is 14.6 Å². The Morgan fingerprint density at radius 2 is 1.94 bits per heavy atom. The standard InChI is InChI=1S/C10H11BrN2O3/c11-7-5-12-8(13-6-7)10(9(14)15)1-3-16-4-2-10/h5-6H,1-4H2,(H,14,15). The van der Waals surface area contributed by atoms with Crippen LogP contribution in [0.2, 0.25) is 0 Å². The van der Waals surface area contributed by atoms with Crippen molar-refractivity contribution in [2.45, 2.75) is 18.3 Å². The minimum atomic E-state index is -0.987. The summed E-state index contributed by atoms with van der Waals surface area (Å²) in [5, 5.41) is 9.36. The maximum absolute atomic E-state index is 11.4. The molecule has 1 aromatic rings. The third-order valence-corrected chi connectivity index (χ3v) is 3.21. The molecule has 1 N–H and O–H groups in total. The minimum absolute atomic E-state index is 0.367. The van der Waals surface area contributed by atoms with Crippen LogP contribution in [-0.2, 0) is 14.9 Å². The predicted molar refractivity (Wildman–Crippen MR) is 59.1 cm³/mol. The second kappa shape index (κ2) is 4.47. The van der Waals surface area contributed by atoms with Crippen molar-refractivity contribution in [3.8, 4) is 0 Å². The predicted octanol–water partition coefficient (Wildman–Crippen LogP) is 1.37. The molecule has 2 heterocycles. The van der Waals surface area contributed by atoms with E-state index in [0.29, 0.717) is 31.9 Å². The van der Waals surface area contributed by atoms with Gasteiger partial charge >= 0.3 is 5.97 Å². The van der Waals surface area contributed by atoms with Crippen molar-refractivity contribution in [2.75, 3.05) is 13.2 Å². The van der Waals surface area contributed by atoms with E-state index in [1.165, 1.54) is 0 Å². The lowest BCUT2D eigenvalue weighted by Crippen LogP contribution is -2.42. The number of hydrogen-bond acceptors (Lipinski definition) is 4. The molecule has 1 aliphatic heterocycles. The van der Waals surface area contributed by atoms with Crippen molar-refractivity contribution in [1.29, 1.82) is 0 Å². The van der Waals surface area contributed by atoms with Crippen LogP contribution in [0.1, 0.15) is 18.7 Å². The first-order valence-corrected chi connectivity index (χ1v) is 5.74. The molecule has 0 aliphatic carbocycles. The minimum Gasteiger partial charge on any atom is -0.480 e. The molecule has 0 bridgehead atoms. The van der Waals surface area contributed by atoms with Crippen LogP contribution in [-0.4, -0.2) is 34.3 Å². The molecule has 1 aromatic heterocycles. The summed E-state index contributed by atoms with van der Waals surface area (Å²) in [6.45, 7) is 0.872. The Hall–Kier alpha value is -1.01. The summed E-state index contributed by atoms with van der Waals surface area (Å²) in [6.07, 6.45) is 3.99. The molecule has 6 heteroatoms. The van der Waals surface area contributed by atoms with E-state index in [0.717, 1.165) is 4.47 Å². The first-order valence-electron chi connectivity index (χ1n) is 4.94. The van der Waals surface area contributed by atoms with Crippen LogP contribution >= 0.6 is 15.9 Å². The molecule has 0 aromatic carbocycles. The van der Waals surface area contributed by atoms with Gasteiger partial charge < -0.3 is 9.84 Å². The molecule has 2 rings (SSSR count). The molecule has 5 nitrogen and oxygen atoms in total. The molecule has 1 fully saturated rings. The van der Waals surface area contributed by atoms with Gasteiger partial charge in [-0.15, -0.1) is 0 Å². The molecular weight excluding hydrogens is 276 g/mol. The third-order valence-electron chi connectivity index (χ3n) is 2.80. The Morgan fingerprint density at radius 3 is 2.44 bits per heavy atom. The highest BCUT2D eigenvalue weighted by Crippen LogP contribution is 2.32. The molecule has 0 amide bonds.